The molecule has 1 heterocycles. The smallest absolute Gasteiger partial charge is 0.329 e. The molecule has 2 N–H and O–H groups in total. The molecule has 1 saturated heterocycles. The molecule has 0 aromatic heterocycles. The van der Waals surface area contributed by atoms with Crippen LogP contribution in [0.2, 0.25) is 0 Å². The number of carbonyl (C=O) groups is 3. The highest BCUT2D eigenvalue weighted by atomic mass is 79.9. The Hall–Kier alpha value is -3.20. The second kappa shape index (κ2) is 9.74. The number of hydrogen-bond acceptors (Lipinski definition) is 4. The van der Waals surface area contributed by atoms with Gasteiger partial charge in [-0.3, -0.25) is 9.59 Å². The number of nitrogens with zero attached hydrogens (tertiary/aromatic N) is 2. The van der Waals surface area contributed by atoms with Crippen molar-refractivity contribution in [1.82, 2.24) is 10.2 Å². The zero-order valence-corrected chi connectivity index (χ0v) is 18.7. The summed E-state index contributed by atoms with van der Waals surface area (Å²) in [5.41, 5.74) is 1.78. The number of anilines is 2. The molecule has 0 atom stereocenters. The van der Waals surface area contributed by atoms with Gasteiger partial charge in [-0.1, -0.05) is 18.2 Å². The molecule has 3 rings (SSSR count). The van der Waals surface area contributed by atoms with Gasteiger partial charge in [-0.05, 0) is 65.7 Å². The minimum atomic E-state index is -0.709. The fourth-order valence-electron chi connectivity index (χ4n) is 3.21. The summed E-state index contributed by atoms with van der Waals surface area (Å²) in [6.07, 6.45) is 1.55. The van der Waals surface area contributed by atoms with E-state index in [2.05, 4.69) is 45.3 Å². The topological polar surface area (TPSA) is 81.8 Å². The van der Waals surface area contributed by atoms with Crippen molar-refractivity contribution in [3.05, 3.63) is 64.0 Å². The Morgan fingerprint density at radius 3 is 2.55 bits per heavy atom. The Kier molecular flexibility index (Phi) is 7.06. The minimum Gasteiger partial charge on any atom is -0.371 e. The maximum absolute atomic E-state index is 13.7. The molecule has 0 spiro atoms. The number of carbonyl (C=O) groups excluding carboxylic acids is 3. The third-order valence-electron chi connectivity index (χ3n) is 4.80. The molecule has 7 nitrogen and oxygen atoms in total. The first-order chi connectivity index (χ1) is 14.8. The summed E-state index contributed by atoms with van der Waals surface area (Å²) in [6, 6.07) is 10.6. The Balaban J connectivity index is 1.72. The van der Waals surface area contributed by atoms with Crippen molar-refractivity contribution in [2.75, 3.05) is 29.9 Å². The quantitative estimate of drug-likeness (QED) is 0.456. The molecule has 1 fully saturated rings. The standard InChI is InChI=1S/C22H22BrFN4O3/c1-3-27(4-2)19-10-9-14(11-15(19)23)12-18-21(30)28(22(31)26-18)13-20(29)25-17-8-6-5-7-16(17)24/h5-12H,3-4,13H2,1-2H3,(H,25,29)(H,26,31)/b18-12+. The van der Waals surface area contributed by atoms with E-state index >= 15 is 0 Å². The van der Waals surface area contributed by atoms with Gasteiger partial charge < -0.3 is 15.5 Å². The van der Waals surface area contributed by atoms with Crippen LogP contribution in [0.15, 0.2) is 52.6 Å². The lowest BCUT2D eigenvalue weighted by Gasteiger charge is -2.22. The summed E-state index contributed by atoms with van der Waals surface area (Å²) in [5.74, 6) is -1.91. The molecule has 0 aliphatic carbocycles. The largest absolute Gasteiger partial charge is 0.371 e. The van der Waals surface area contributed by atoms with Gasteiger partial charge in [0.1, 0.15) is 18.1 Å². The maximum atomic E-state index is 13.7. The summed E-state index contributed by atoms with van der Waals surface area (Å²) in [7, 11) is 0. The molecule has 0 saturated carbocycles. The van der Waals surface area contributed by atoms with Gasteiger partial charge in [0.2, 0.25) is 5.91 Å². The number of halogens is 2. The van der Waals surface area contributed by atoms with Gasteiger partial charge in [-0.25, -0.2) is 14.1 Å². The lowest BCUT2D eigenvalue weighted by Crippen LogP contribution is -2.38. The highest BCUT2D eigenvalue weighted by Gasteiger charge is 2.35. The number of urea groups is 1. The van der Waals surface area contributed by atoms with Gasteiger partial charge in [-0.15, -0.1) is 0 Å². The highest BCUT2D eigenvalue weighted by molar-refractivity contribution is 9.10. The van der Waals surface area contributed by atoms with E-state index in [1.807, 2.05) is 18.2 Å². The van der Waals surface area contributed by atoms with E-state index in [4.69, 9.17) is 0 Å². The summed E-state index contributed by atoms with van der Waals surface area (Å²) in [4.78, 5) is 40.0. The SMILES string of the molecule is CCN(CC)c1ccc(/C=C2/NC(=O)N(CC(=O)Nc3ccccc3F)C2=O)cc1Br. The van der Waals surface area contributed by atoms with Crippen molar-refractivity contribution >= 4 is 51.2 Å². The summed E-state index contributed by atoms with van der Waals surface area (Å²) < 4.78 is 14.6. The van der Waals surface area contributed by atoms with Crippen molar-refractivity contribution in [2.24, 2.45) is 0 Å². The lowest BCUT2D eigenvalue weighted by atomic mass is 10.1. The molecule has 2 aromatic rings. The number of amides is 4. The average Bonchev–Trinajstić information content (AvgIpc) is 2.99. The van der Waals surface area contributed by atoms with Gasteiger partial charge >= 0.3 is 6.03 Å². The number of imide groups is 1. The molecular formula is C22H22BrFN4O3. The molecule has 162 valence electrons. The lowest BCUT2D eigenvalue weighted by molar-refractivity contribution is -0.127. The second-order valence-electron chi connectivity index (χ2n) is 6.79. The van der Waals surface area contributed by atoms with E-state index < -0.39 is 30.2 Å². The predicted molar refractivity (Wildman–Crippen MR) is 121 cm³/mol. The van der Waals surface area contributed by atoms with E-state index in [9.17, 15) is 18.8 Å². The zero-order chi connectivity index (χ0) is 22.5. The van der Waals surface area contributed by atoms with Gasteiger partial charge in [0.25, 0.3) is 5.91 Å². The first-order valence-corrected chi connectivity index (χ1v) is 10.6. The van der Waals surface area contributed by atoms with Crippen LogP contribution in [0.5, 0.6) is 0 Å². The van der Waals surface area contributed by atoms with Crippen LogP contribution in [0.3, 0.4) is 0 Å². The number of hydrogen-bond donors (Lipinski definition) is 2. The molecule has 1 aliphatic rings. The van der Waals surface area contributed by atoms with Crippen LogP contribution in [0, 0.1) is 5.82 Å². The van der Waals surface area contributed by atoms with Crippen molar-refractivity contribution in [2.45, 2.75) is 13.8 Å². The average molecular weight is 489 g/mol. The molecule has 4 amide bonds. The first-order valence-electron chi connectivity index (χ1n) is 9.77. The minimum absolute atomic E-state index is 0.0199. The van der Waals surface area contributed by atoms with E-state index in [-0.39, 0.29) is 11.4 Å². The summed E-state index contributed by atoms with van der Waals surface area (Å²) in [5, 5.41) is 4.84. The van der Waals surface area contributed by atoms with Gasteiger partial charge in [-0.2, -0.15) is 0 Å². The van der Waals surface area contributed by atoms with Crippen molar-refractivity contribution < 1.29 is 18.8 Å². The zero-order valence-electron chi connectivity index (χ0n) is 17.1. The molecule has 0 bridgehead atoms. The van der Waals surface area contributed by atoms with Crippen LogP contribution >= 0.6 is 15.9 Å². The molecule has 31 heavy (non-hydrogen) atoms. The van der Waals surface area contributed by atoms with Crippen LogP contribution in [0.1, 0.15) is 19.4 Å². The van der Waals surface area contributed by atoms with E-state index in [0.29, 0.717) is 5.56 Å². The van der Waals surface area contributed by atoms with Gasteiger partial charge in [0.15, 0.2) is 0 Å². The highest BCUT2D eigenvalue weighted by Crippen LogP contribution is 2.28. The summed E-state index contributed by atoms with van der Waals surface area (Å²) in [6.45, 7) is 5.31. The molecule has 2 aromatic carbocycles. The normalized spacial score (nSPS) is 14.7. The fraction of sp³-hybridized carbons (Fsp3) is 0.227. The van der Waals surface area contributed by atoms with Gasteiger partial charge in [0, 0.05) is 17.6 Å². The van der Waals surface area contributed by atoms with Crippen LogP contribution in [0.25, 0.3) is 6.08 Å². The van der Waals surface area contributed by atoms with Gasteiger partial charge in [0.05, 0.1) is 11.4 Å². The summed E-state index contributed by atoms with van der Waals surface area (Å²) >= 11 is 3.55. The molecule has 9 heteroatoms. The van der Waals surface area contributed by atoms with Crippen LogP contribution in [-0.2, 0) is 9.59 Å². The van der Waals surface area contributed by atoms with Crippen molar-refractivity contribution in [3.8, 4) is 0 Å². The van der Waals surface area contributed by atoms with Crippen LogP contribution in [0.4, 0.5) is 20.6 Å². The number of nitrogens with one attached hydrogen (secondary N) is 2. The molecule has 0 radical (unpaired) electrons. The number of rotatable bonds is 7. The fourth-order valence-corrected chi connectivity index (χ4v) is 3.86. The van der Waals surface area contributed by atoms with E-state index in [1.165, 1.54) is 18.2 Å². The van der Waals surface area contributed by atoms with Crippen LogP contribution in [-0.4, -0.2) is 42.4 Å². The Morgan fingerprint density at radius 2 is 1.90 bits per heavy atom. The van der Waals surface area contributed by atoms with E-state index in [0.717, 1.165) is 28.1 Å². The van der Waals surface area contributed by atoms with Crippen LogP contribution < -0.4 is 15.5 Å². The predicted octanol–water partition coefficient (Wildman–Crippen LogP) is 3.97. The molecule has 0 unspecified atom stereocenters. The number of para-hydroxylation sites is 1. The van der Waals surface area contributed by atoms with Crippen molar-refractivity contribution in [1.29, 1.82) is 0 Å². The Labute approximate surface area is 188 Å². The number of benzene rings is 2. The third-order valence-corrected chi connectivity index (χ3v) is 5.43. The third kappa shape index (κ3) is 5.11. The van der Waals surface area contributed by atoms with E-state index in [1.54, 1.807) is 12.1 Å². The molecular weight excluding hydrogens is 467 g/mol. The first kappa shape index (κ1) is 22.5. The monoisotopic (exact) mass is 488 g/mol. The van der Waals surface area contributed by atoms with Crippen molar-refractivity contribution in [3.63, 3.8) is 0 Å². The Morgan fingerprint density at radius 1 is 1.19 bits per heavy atom. The Bertz CT molecular complexity index is 1050. The second-order valence-corrected chi connectivity index (χ2v) is 7.64. The maximum Gasteiger partial charge on any atom is 0.329 e. The molecule has 1 aliphatic heterocycles.